The summed E-state index contributed by atoms with van der Waals surface area (Å²) in [5.41, 5.74) is 1.12. The molecule has 0 aliphatic heterocycles. The number of ether oxygens (including phenoxy) is 1. The third-order valence-corrected chi connectivity index (χ3v) is 6.41. The Morgan fingerprint density at radius 3 is 1.93 bits per heavy atom. The van der Waals surface area contributed by atoms with Gasteiger partial charge in [0.05, 0.1) is 10.5 Å². The predicted molar refractivity (Wildman–Crippen MR) is 112 cm³/mol. The molecule has 0 aromatic heterocycles. The molecule has 8 nitrogen and oxygen atoms in total. The minimum absolute atomic E-state index is 0.0782. The molecule has 0 aliphatic rings. The van der Waals surface area contributed by atoms with Crippen molar-refractivity contribution in [3.05, 3.63) is 59.7 Å². The lowest BCUT2D eigenvalue weighted by molar-refractivity contribution is -0.119. The van der Waals surface area contributed by atoms with E-state index in [-0.39, 0.29) is 16.2 Å². The van der Waals surface area contributed by atoms with Crippen LogP contribution in [0, 0.1) is 0 Å². The Hall–Kier alpha value is -3.04. The largest absolute Gasteiger partial charge is 0.452 e. The SMILES string of the molecule is CCN(CC)S(=O)(=O)c1ccc(C(=O)OCC(=O)Nc2ccc(C(C)=O)cc2)cc1. The molecule has 2 aromatic rings. The van der Waals surface area contributed by atoms with Crippen molar-refractivity contribution in [2.45, 2.75) is 25.7 Å². The van der Waals surface area contributed by atoms with Crippen molar-refractivity contribution in [2.24, 2.45) is 0 Å². The lowest BCUT2D eigenvalue weighted by atomic mass is 10.1. The summed E-state index contributed by atoms with van der Waals surface area (Å²) in [6.07, 6.45) is 0. The minimum atomic E-state index is -3.62. The number of ketones is 1. The summed E-state index contributed by atoms with van der Waals surface area (Å²) in [6.45, 7) is 5.11. The van der Waals surface area contributed by atoms with Gasteiger partial charge < -0.3 is 10.1 Å². The Kier molecular flexibility index (Phi) is 7.85. The van der Waals surface area contributed by atoms with E-state index in [1.54, 1.807) is 38.1 Å². The first-order valence-electron chi connectivity index (χ1n) is 9.37. The molecule has 0 spiro atoms. The monoisotopic (exact) mass is 432 g/mol. The van der Waals surface area contributed by atoms with E-state index in [0.717, 1.165) is 0 Å². The zero-order valence-electron chi connectivity index (χ0n) is 17.0. The first-order chi connectivity index (χ1) is 14.2. The van der Waals surface area contributed by atoms with E-state index in [2.05, 4.69) is 5.32 Å². The second-order valence-electron chi connectivity index (χ2n) is 6.37. The van der Waals surface area contributed by atoms with Crippen LogP contribution < -0.4 is 5.32 Å². The number of nitrogens with zero attached hydrogens (tertiary/aromatic N) is 1. The highest BCUT2D eigenvalue weighted by Crippen LogP contribution is 2.17. The zero-order chi connectivity index (χ0) is 22.3. The molecule has 0 fully saturated rings. The van der Waals surface area contributed by atoms with Crippen LogP contribution in [0.5, 0.6) is 0 Å². The second-order valence-corrected chi connectivity index (χ2v) is 8.31. The van der Waals surface area contributed by atoms with Gasteiger partial charge in [-0.05, 0) is 55.5 Å². The molecule has 2 rings (SSSR count). The average Bonchev–Trinajstić information content (AvgIpc) is 2.73. The molecular formula is C21H24N2O6S. The number of sulfonamides is 1. The molecule has 160 valence electrons. The van der Waals surface area contributed by atoms with Crippen molar-refractivity contribution in [3.8, 4) is 0 Å². The molecule has 0 aliphatic carbocycles. The fourth-order valence-electron chi connectivity index (χ4n) is 2.68. The van der Waals surface area contributed by atoms with Gasteiger partial charge in [-0.2, -0.15) is 4.31 Å². The Morgan fingerprint density at radius 2 is 1.43 bits per heavy atom. The van der Waals surface area contributed by atoms with Gasteiger partial charge in [0.15, 0.2) is 12.4 Å². The number of rotatable bonds is 9. The summed E-state index contributed by atoms with van der Waals surface area (Å²) >= 11 is 0. The molecule has 0 radical (unpaired) electrons. The van der Waals surface area contributed by atoms with Gasteiger partial charge in [-0.3, -0.25) is 9.59 Å². The third kappa shape index (κ3) is 5.74. The Balaban J connectivity index is 1.94. The average molecular weight is 432 g/mol. The molecule has 0 heterocycles. The molecule has 0 bridgehead atoms. The number of hydrogen-bond donors (Lipinski definition) is 1. The highest BCUT2D eigenvalue weighted by molar-refractivity contribution is 7.89. The number of nitrogens with one attached hydrogen (secondary N) is 1. The maximum Gasteiger partial charge on any atom is 0.338 e. The first kappa shape index (κ1) is 23.2. The summed E-state index contributed by atoms with van der Waals surface area (Å²) < 4.78 is 31.2. The maximum atomic E-state index is 12.5. The van der Waals surface area contributed by atoms with Crippen LogP contribution in [0.1, 0.15) is 41.5 Å². The van der Waals surface area contributed by atoms with Gasteiger partial charge in [0.25, 0.3) is 5.91 Å². The molecule has 9 heteroatoms. The van der Waals surface area contributed by atoms with Crippen molar-refractivity contribution in [2.75, 3.05) is 25.0 Å². The van der Waals surface area contributed by atoms with Crippen LogP contribution in [0.4, 0.5) is 5.69 Å². The quantitative estimate of drug-likeness (QED) is 0.482. The number of amides is 1. The fourth-order valence-corrected chi connectivity index (χ4v) is 4.13. The highest BCUT2D eigenvalue weighted by Gasteiger charge is 2.22. The number of carbonyl (C=O) groups is 3. The van der Waals surface area contributed by atoms with Crippen molar-refractivity contribution in [1.82, 2.24) is 4.31 Å². The number of benzene rings is 2. The van der Waals surface area contributed by atoms with Crippen LogP contribution >= 0.6 is 0 Å². The lowest BCUT2D eigenvalue weighted by Gasteiger charge is -2.18. The van der Waals surface area contributed by atoms with Crippen LogP contribution in [0.25, 0.3) is 0 Å². The number of hydrogen-bond acceptors (Lipinski definition) is 6. The summed E-state index contributed by atoms with van der Waals surface area (Å²) in [5.74, 6) is -1.37. The van der Waals surface area contributed by atoms with E-state index in [1.807, 2.05) is 0 Å². The van der Waals surface area contributed by atoms with E-state index in [4.69, 9.17) is 4.74 Å². The molecule has 1 amide bonds. The van der Waals surface area contributed by atoms with E-state index < -0.39 is 28.5 Å². The molecule has 30 heavy (non-hydrogen) atoms. The van der Waals surface area contributed by atoms with Crippen molar-refractivity contribution < 1.29 is 27.5 Å². The summed E-state index contributed by atoms with van der Waals surface area (Å²) in [4.78, 5) is 35.4. The highest BCUT2D eigenvalue weighted by atomic mass is 32.2. The minimum Gasteiger partial charge on any atom is -0.452 e. The van der Waals surface area contributed by atoms with Gasteiger partial charge in [-0.25, -0.2) is 13.2 Å². The number of carbonyl (C=O) groups excluding carboxylic acids is 3. The topological polar surface area (TPSA) is 110 Å². The Morgan fingerprint density at radius 1 is 0.900 bits per heavy atom. The summed E-state index contributed by atoms with van der Waals surface area (Å²) in [7, 11) is -3.62. The van der Waals surface area contributed by atoms with Crippen molar-refractivity contribution in [3.63, 3.8) is 0 Å². The van der Waals surface area contributed by atoms with Gasteiger partial charge in [0.2, 0.25) is 10.0 Å². The van der Waals surface area contributed by atoms with E-state index in [0.29, 0.717) is 24.3 Å². The number of esters is 1. The predicted octanol–water partition coefficient (Wildman–Crippen LogP) is 2.72. The molecule has 0 saturated heterocycles. The maximum absolute atomic E-state index is 12.5. The lowest BCUT2D eigenvalue weighted by Crippen LogP contribution is -2.30. The molecule has 0 unspecified atom stereocenters. The van der Waals surface area contributed by atoms with E-state index in [9.17, 15) is 22.8 Å². The van der Waals surface area contributed by atoms with Crippen LogP contribution in [0.15, 0.2) is 53.4 Å². The van der Waals surface area contributed by atoms with Crippen molar-refractivity contribution in [1.29, 1.82) is 0 Å². The van der Waals surface area contributed by atoms with Gasteiger partial charge in [0, 0.05) is 24.3 Å². The van der Waals surface area contributed by atoms with Gasteiger partial charge in [0.1, 0.15) is 0 Å². The zero-order valence-corrected chi connectivity index (χ0v) is 17.9. The van der Waals surface area contributed by atoms with Gasteiger partial charge in [-0.1, -0.05) is 13.8 Å². The van der Waals surface area contributed by atoms with Gasteiger partial charge in [-0.15, -0.1) is 0 Å². The molecule has 0 saturated carbocycles. The van der Waals surface area contributed by atoms with Crippen LogP contribution in [0.2, 0.25) is 0 Å². The molecular weight excluding hydrogens is 408 g/mol. The smallest absolute Gasteiger partial charge is 0.338 e. The van der Waals surface area contributed by atoms with Crippen LogP contribution in [0.3, 0.4) is 0 Å². The molecule has 1 N–H and O–H groups in total. The van der Waals surface area contributed by atoms with Crippen molar-refractivity contribution >= 4 is 33.4 Å². The van der Waals surface area contributed by atoms with E-state index in [1.165, 1.54) is 35.5 Å². The third-order valence-electron chi connectivity index (χ3n) is 4.34. The Bertz CT molecular complexity index is 1010. The summed E-state index contributed by atoms with van der Waals surface area (Å²) in [6, 6.07) is 11.7. The van der Waals surface area contributed by atoms with E-state index >= 15 is 0 Å². The molecule has 2 aromatic carbocycles. The standard InChI is InChI=1S/C21H24N2O6S/c1-4-23(5-2)30(27,28)19-12-8-17(9-13-19)21(26)29-14-20(25)22-18-10-6-16(7-11-18)15(3)24/h6-13H,4-5,14H2,1-3H3,(H,22,25). The Labute approximate surface area is 175 Å². The second kappa shape index (κ2) is 10.1. The normalized spacial score (nSPS) is 11.2. The first-order valence-corrected chi connectivity index (χ1v) is 10.8. The fraction of sp³-hybridized carbons (Fsp3) is 0.286. The van der Waals surface area contributed by atoms with Crippen LogP contribution in [-0.2, 0) is 19.6 Å². The summed E-state index contributed by atoms with van der Waals surface area (Å²) in [5, 5.41) is 2.56. The number of Topliss-reactive ketones (excluding diaryl/α,β-unsaturated/α-hetero) is 1. The van der Waals surface area contributed by atoms with Crippen LogP contribution in [-0.4, -0.2) is 50.1 Å². The number of anilines is 1. The molecule has 0 atom stereocenters. The van der Waals surface area contributed by atoms with Gasteiger partial charge >= 0.3 is 5.97 Å².